The number of likely N-dealkylation sites (N-methyl/N-ethyl adjacent to an activating group) is 1. The third kappa shape index (κ3) is 3.79. The summed E-state index contributed by atoms with van der Waals surface area (Å²) in [5, 5.41) is 4.86. The number of nitrogens with zero attached hydrogens (tertiary/aromatic N) is 1. The fraction of sp³-hybridized carbons (Fsp3) is 0.812. The first-order chi connectivity index (χ1) is 9.13. The van der Waals surface area contributed by atoms with E-state index in [0.29, 0.717) is 6.04 Å². The van der Waals surface area contributed by atoms with Gasteiger partial charge < -0.3 is 5.32 Å². The van der Waals surface area contributed by atoms with Crippen LogP contribution >= 0.6 is 11.3 Å². The van der Waals surface area contributed by atoms with Crippen LogP contribution in [0, 0.1) is 25.7 Å². The molecule has 2 rings (SSSR count). The molecular formula is C16H28N2S. The highest BCUT2D eigenvalue weighted by Crippen LogP contribution is 2.33. The molecule has 0 spiro atoms. The number of aryl methyl sites for hydroxylation is 2. The number of thiazole rings is 1. The zero-order valence-corrected chi connectivity index (χ0v) is 13.6. The summed E-state index contributed by atoms with van der Waals surface area (Å²) in [6, 6.07) is 0.614. The molecule has 0 aromatic carbocycles. The van der Waals surface area contributed by atoms with Gasteiger partial charge in [0.1, 0.15) is 0 Å². The molecule has 0 bridgehead atoms. The lowest BCUT2D eigenvalue weighted by molar-refractivity contribution is 0.222. The van der Waals surface area contributed by atoms with E-state index in [-0.39, 0.29) is 0 Å². The van der Waals surface area contributed by atoms with Crippen LogP contribution in [0.3, 0.4) is 0 Å². The van der Waals surface area contributed by atoms with E-state index < -0.39 is 0 Å². The van der Waals surface area contributed by atoms with Gasteiger partial charge in [-0.15, -0.1) is 11.3 Å². The van der Waals surface area contributed by atoms with E-state index in [4.69, 9.17) is 4.98 Å². The van der Waals surface area contributed by atoms with E-state index in [1.165, 1.54) is 47.7 Å². The maximum Gasteiger partial charge on any atom is 0.0946 e. The van der Waals surface area contributed by atoms with E-state index >= 15 is 0 Å². The van der Waals surface area contributed by atoms with E-state index in [1.54, 1.807) is 0 Å². The van der Waals surface area contributed by atoms with Crippen molar-refractivity contribution < 1.29 is 0 Å². The first-order valence-corrected chi connectivity index (χ1v) is 8.55. The van der Waals surface area contributed by atoms with Gasteiger partial charge in [0.25, 0.3) is 0 Å². The average molecular weight is 280 g/mol. The molecule has 108 valence electrons. The van der Waals surface area contributed by atoms with E-state index in [2.05, 4.69) is 33.1 Å². The Bertz CT molecular complexity index is 372. The van der Waals surface area contributed by atoms with Crippen LogP contribution in [0.25, 0.3) is 0 Å². The largest absolute Gasteiger partial charge is 0.316 e. The molecule has 1 aromatic rings. The van der Waals surface area contributed by atoms with Gasteiger partial charge in [0.2, 0.25) is 0 Å². The Morgan fingerprint density at radius 3 is 2.42 bits per heavy atom. The molecule has 0 radical (unpaired) electrons. The third-order valence-corrected chi connectivity index (χ3v) is 5.97. The molecule has 1 atom stereocenters. The van der Waals surface area contributed by atoms with E-state index in [0.717, 1.165) is 18.3 Å². The molecule has 3 heteroatoms. The minimum Gasteiger partial charge on any atom is -0.316 e. The molecule has 1 N–H and O–H groups in total. The molecule has 1 aliphatic carbocycles. The Balaban J connectivity index is 1.93. The molecule has 2 nitrogen and oxygen atoms in total. The number of hydrogen-bond donors (Lipinski definition) is 1. The van der Waals surface area contributed by atoms with Crippen molar-refractivity contribution in [2.45, 2.75) is 65.3 Å². The first-order valence-electron chi connectivity index (χ1n) is 7.74. The highest BCUT2D eigenvalue weighted by Gasteiger charge is 2.26. The Hall–Kier alpha value is -0.410. The minimum absolute atomic E-state index is 0.614. The second-order valence-corrected chi connectivity index (χ2v) is 7.33. The summed E-state index contributed by atoms with van der Waals surface area (Å²) in [4.78, 5) is 6.08. The van der Waals surface area contributed by atoms with Crippen LogP contribution in [-0.4, -0.2) is 18.1 Å². The van der Waals surface area contributed by atoms with Gasteiger partial charge >= 0.3 is 0 Å². The Morgan fingerprint density at radius 1 is 1.26 bits per heavy atom. The molecule has 1 aliphatic rings. The van der Waals surface area contributed by atoms with Gasteiger partial charge in [-0.3, -0.25) is 0 Å². The van der Waals surface area contributed by atoms with Crippen molar-refractivity contribution in [2.75, 3.05) is 7.05 Å². The summed E-state index contributed by atoms with van der Waals surface area (Å²) in [5.74, 6) is 1.83. The summed E-state index contributed by atoms with van der Waals surface area (Å²) in [7, 11) is 2.11. The summed E-state index contributed by atoms with van der Waals surface area (Å²) >= 11 is 1.88. The molecule has 1 saturated carbocycles. The fourth-order valence-electron chi connectivity index (χ4n) is 3.32. The zero-order valence-electron chi connectivity index (χ0n) is 12.8. The van der Waals surface area contributed by atoms with Crippen LogP contribution in [0.5, 0.6) is 0 Å². The predicted molar refractivity (Wildman–Crippen MR) is 83.9 cm³/mol. The SMILES string of the molecule is CCC1CCC(C(Cc2nc(C)c(C)s2)NC)CC1. The quantitative estimate of drug-likeness (QED) is 0.878. The Kier molecular flexibility index (Phi) is 5.40. The van der Waals surface area contributed by atoms with Crippen LogP contribution in [0.15, 0.2) is 0 Å². The van der Waals surface area contributed by atoms with Gasteiger partial charge in [0, 0.05) is 17.3 Å². The smallest absolute Gasteiger partial charge is 0.0946 e. The summed E-state index contributed by atoms with van der Waals surface area (Å²) in [6.07, 6.45) is 8.12. The highest BCUT2D eigenvalue weighted by molar-refractivity contribution is 7.11. The van der Waals surface area contributed by atoms with Crippen LogP contribution in [0.4, 0.5) is 0 Å². The van der Waals surface area contributed by atoms with Gasteiger partial charge in [-0.05, 0) is 45.6 Å². The molecule has 0 amide bonds. The molecular weight excluding hydrogens is 252 g/mol. The standard InChI is InChI=1S/C16H28N2S/c1-5-13-6-8-14(9-7-13)15(17-4)10-16-18-11(2)12(3)19-16/h13-15,17H,5-10H2,1-4H3. The van der Waals surface area contributed by atoms with Crippen molar-refractivity contribution >= 4 is 11.3 Å². The summed E-state index contributed by atoms with van der Waals surface area (Å²) in [5.41, 5.74) is 1.21. The van der Waals surface area contributed by atoms with Gasteiger partial charge in [-0.1, -0.05) is 26.2 Å². The van der Waals surface area contributed by atoms with Crippen molar-refractivity contribution in [3.8, 4) is 0 Å². The second kappa shape index (κ2) is 6.85. The lowest BCUT2D eigenvalue weighted by atomic mass is 9.77. The number of nitrogens with one attached hydrogen (secondary N) is 1. The van der Waals surface area contributed by atoms with E-state index in [9.17, 15) is 0 Å². The molecule has 19 heavy (non-hydrogen) atoms. The molecule has 1 heterocycles. The molecule has 1 aromatic heterocycles. The Morgan fingerprint density at radius 2 is 1.95 bits per heavy atom. The average Bonchev–Trinajstić information content (AvgIpc) is 2.75. The van der Waals surface area contributed by atoms with Crippen molar-refractivity contribution in [3.63, 3.8) is 0 Å². The summed E-state index contributed by atoms with van der Waals surface area (Å²) < 4.78 is 0. The topological polar surface area (TPSA) is 24.9 Å². The Labute approximate surface area is 122 Å². The maximum absolute atomic E-state index is 4.70. The van der Waals surface area contributed by atoms with Crippen LogP contribution < -0.4 is 5.32 Å². The third-order valence-electron chi connectivity index (χ3n) is 4.88. The van der Waals surface area contributed by atoms with Crippen LogP contribution in [-0.2, 0) is 6.42 Å². The zero-order chi connectivity index (χ0) is 13.8. The number of rotatable bonds is 5. The maximum atomic E-state index is 4.70. The van der Waals surface area contributed by atoms with Crippen LogP contribution in [0.1, 0.15) is 54.6 Å². The molecule has 0 aliphatic heterocycles. The molecule has 1 fully saturated rings. The van der Waals surface area contributed by atoms with Crippen molar-refractivity contribution in [3.05, 3.63) is 15.6 Å². The van der Waals surface area contributed by atoms with Crippen molar-refractivity contribution in [1.29, 1.82) is 0 Å². The fourth-order valence-corrected chi connectivity index (χ4v) is 4.31. The minimum atomic E-state index is 0.614. The van der Waals surface area contributed by atoms with Crippen molar-refractivity contribution in [2.24, 2.45) is 11.8 Å². The molecule has 1 unspecified atom stereocenters. The van der Waals surface area contributed by atoms with Gasteiger partial charge in [0.15, 0.2) is 0 Å². The normalized spacial score (nSPS) is 25.5. The highest BCUT2D eigenvalue weighted by atomic mass is 32.1. The number of aromatic nitrogens is 1. The van der Waals surface area contributed by atoms with Gasteiger partial charge in [0.05, 0.1) is 10.7 Å². The second-order valence-electron chi connectivity index (χ2n) is 6.04. The lowest BCUT2D eigenvalue weighted by Gasteiger charge is -2.33. The van der Waals surface area contributed by atoms with Crippen molar-refractivity contribution in [1.82, 2.24) is 10.3 Å². The van der Waals surface area contributed by atoms with Crippen LogP contribution in [0.2, 0.25) is 0 Å². The monoisotopic (exact) mass is 280 g/mol. The number of hydrogen-bond acceptors (Lipinski definition) is 3. The van der Waals surface area contributed by atoms with Gasteiger partial charge in [-0.25, -0.2) is 4.98 Å². The first kappa shape index (κ1) is 15.0. The summed E-state index contributed by atoms with van der Waals surface area (Å²) in [6.45, 7) is 6.63. The van der Waals surface area contributed by atoms with E-state index in [1.807, 2.05) is 11.3 Å². The predicted octanol–water partition coefficient (Wildman–Crippen LogP) is 4.11. The lowest BCUT2D eigenvalue weighted by Crippen LogP contribution is -2.37. The molecule has 0 saturated heterocycles. The van der Waals surface area contributed by atoms with Gasteiger partial charge in [-0.2, -0.15) is 0 Å².